The highest BCUT2D eigenvalue weighted by Crippen LogP contribution is 2.26. The zero-order valence-corrected chi connectivity index (χ0v) is 14.2. The minimum Gasteiger partial charge on any atom is -0.451 e. The largest absolute Gasteiger partial charge is 0.451 e. The Labute approximate surface area is 150 Å². The van der Waals surface area contributed by atoms with Crippen molar-refractivity contribution in [3.8, 4) is 0 Å². The van der Waals surface area contributed by atoms with Crippen molar-refractivity contribution in [1.29, 1.82) is 0 Å². The second-order valence-corrected chi connectivity index (χ2v) is 6.30. The van der Waals surface area contributed by atoms with Gasteiger partial charge in [0.05, 0.1) is 6.54 Å². The maximum Gasteiger partial charge on any atom is 0.305 e. The number of para-hydroxylation sites is 2. The third-order valence-electron chi connectivity index (χ3n) is 4.51. The number of hydrogen-bond donors (Lipinski definition) is 2. The zero-order valence-electron chi connectivity index (χ0n) is 14.2. The molecule has 0 fully saturated rings. The molecule has 2 amide bonds. The number of hydrazine groups is 1. The molecule has 0 aliphatic carbocycles. The van der Waals surface area contributed by atoms with E-state index in [1.54, 1.807) is 12.1 Å². The molecule has 0 radical (unpaired) electrons. The van der Waals surface area contributed by atoms with Gasteiger partial charge in [0, 0.05) is 17.6 Å². The van der Waals surface area contributed by atoms with Crippen molar-refractivity contribution in [2.45, 2.75) is 12.8 Å². The lowest BCUT2D eigenvalue weighted by molar-refractivity contribution is -0.120. The monoisotopic (exact) mass is 349 g/mol. The number of fused-ring (bicyclic) bond motifs is 2. The normalized spacial score (nSPS) is 13.3. The summed E-state index contributed by atoms with van der Waals surface area (Å²) in [6.07, 6.45) is 2.03. The minimum atomic E-state index is -0.478. The molecule has 0 saturated heterocycles. The Hall–Kier alpha value is -3.28. The van der Waals surface area contributed by atoms with Crippen LogP contribution in [0, 0.1) is 0 Å². The van der Waals surface area contributed by atoms with E-state index in [2.05, 4.69) is 16.9 Å². The van der Waals surface area contributed by atoms with Crippen LogP contribution in [0.15, 0.2) is 59.0 Å². The van der Waals surface area contributed by atoms with Crippen LogP contribution in [0.1, 0.15) is 22.5 Å². The van der Waals surface area contributed by atoms with E-state index in [1.165, 1.54) is 5.56 Å². The van der Waals surface area contributed by atoms with E-state index in [0.717, 1.165) is 30.5 Å². The Kier molecular flexibility index (Phi) is 4.31. The summed E-state index contributed by atoms with van der Waals surface area (Å²) in [5.74, 6) is -0.588. The molecule has 1 aliphatic heterocycles. The first kappa shape index (κ1) is 16.2. The predicted octanol–water partition coefficient (Wildman–Crippen LogP) is 2.65. The second-order valence-electron chi connectivity index (χ2n) is 6.30. The maximum absolute atomic E-state index is 12.2. The summed E-state index contributed by atoms with van der Waals surface area (Å²) in [5, 5.41) is 0.842. The topological polar surface area (TPSA) is 74.6 Å². The van der Waals surface area contributed by atoms with E-state index in [4.69, 9.17) is 4.42 Å². The summed E-state index contributed by atoms with van der Waals surface area (Å²) in [4.78, 5) is 26.4. The highest BCUT2D eigenvalue weighted by molar-refractivity contribution is 5.97. The Bertz CT molecular complexity index is 931. The standard InChI is InChI=1S/C20H19N3O3/c24-19(13-23-11-5-8-14-6-1-3-9-16(14)23)21-22-20(25)18-12-15-7-2-4-10-17(15)26-18/h1-4,6-7,9-10,12H,5,8,11,13H2,(H,21,24)(H,22,25). The molecule has 0 bridgehead atoms. The van der Waals surface area contributed by atoms with Crippen molar-refractivity contribution >= 4 is 28.5 Å². The number of rotatable bonds is 3. The van der Waals surface area contributed by atoms with E-state index in [0.29, 0.717) is 5.58 Å². The lowest BCUT2D eigenvalue weighted by Crippen LogP contribution is -2.47. The van der Waals surface area contributed by atoms with Gasteiger partial charge >= 0.3 is 5.91 Å². The van der Waals surface area contributed by atoms with Gasteiger partial charge in [0.2, 0.25) is 0 Å². The van der Waals surface area contributed by atoms with Crippen LogP contribution in [0.2, 0.25) is 0 Å². The van der Waals surface area contributed by atoms with Gasteiger partial charge in [0.1, 0.15) is 5.58 Å². The molecule has 132 valence electrons. The first-order valence-electron chi connectivity index (χ1n) is 8.61. The third kappa shape index (κ3) is 3.26. The maximum atomic E-state index is 12.2. The van der Waals surface area contributed by atoms with Gasteiger partial charge in [-0.15, -0.1) is 0 Å². The number of hydrogen-bond acceptors (Lipinski definition) is 4. The molecule has 1 aromatic heterocycles. The molecule has 26 heavy (non-hydrogen) atoms. The Balaban J connectivity index is 1.36. The average molecular weight is 349 g/mol. The van der Waals surface area contributed by atoms with Crippen molar-refractivity contribution in [3.05, 3.63) is 65.9 Å². The zero-order chi connectivity index (χ0) is 17.9. The summed E-state index contributed by atoms with van der Waals surface area (Å²) in [6.45, 7) is 1.01. The molecule has 1 aliphatic rings. The fourth-order valence-corrected chi connectivity index (χ4v) is 3.27. The molecule has 4 rings (SSSR count). The summed E-state index contributed by atoms with van der Waals surface area (Å²) >= 11 is 0. The van der Waals surface area contributed by atoms with Crippen LogP contribution in [-0.4, -0.2) is 24.9 Å². The summed E-state index contributed by atoms with van der Waals surface area (Å²) < 4.78 is 5.48. The van der Waals surface area contributed by atoms with Crippen LogP contribution < -0.4 is 15.8 Å². The van der Waals surface area contributed by atoms with Crippen molar-refractivity contribution < 1.29 is 14.0 Å². The summed E-state index contributed by atoms with van der Waals surface area (Å²) in [6, 6.07) is 17.1. The predicted molar refractivity (Wildman–Crippen MR) is 98.8 cm³/mol. The van der Waals surface area contributed by atoms with Gasteiger partial charge in [-0.1, -0.05) is 36.4 Å². The number of aryl methyl sites for hydroxylation is 1. The molecule has 2 heterocycles. The molecule has 0 atom stereocenters. The van der Waals surface area contributed by atoms with Crippen LogP contribution in [0.4, 0.5) is 5.69 Å². The van der Waals surface area contributed by atoms with Gasteiger partial charge in [-0.25, -0.2) is 0 Å². The molecule has 6 heteroatoms. The van der Waals surface area contributed by atoms with Crippen LogP contribution in [-0.2, 0) is 11.2 Å². The molecule has 0 spiro atoms. The van der Waals surface area contributed by atoms with Crippen molar-refractivity contribution in [3.63, 3.8) is 0 Å². The van der Waals surface area contributed by atoms with E-state index < -0.39 is 5.91 Å². The number of furan rings is 1. The fraction of sp³-hybridized carbons (Fsp3) is 0.200. The molecule has 3 aromatic rings. The number of anilines is 1. The van der Waals surface area contributed by atoms with Crippen molar-refractivity contribution in [2.24, 2.45) is 0 Å². The summed E-state index contributed by atoms with van der Waals surface area (Å²) in [5.41, 5.74) is 7.84. The van der Waals surface area contributed by atoms with Crippen molar-refractivity contribution in [1.82, 2.24) is 10.9 Å². The highest BCUT2D eigenvalue weighted by atomic mass is 16.3. The van der Waals surface area contributed by atoms with Crippen molar-refractivity contribution in [2.75, 3.05) is 18.0 Å². The SMILES string of the molecule is O=C(CN1CCCc2ccccc21)NNC(=O)c1cc2ccccc2o1. The summed E-state index contributed by atoms with van der Waals surface area (Å²) in [7, 11) is 0. The minimum absolute atomic E-state index is 0.162. The van der Waals surface area contributed by atoms with Crippen LogP contribution >= 0.6 is 0 Å². The van der Waals surface area contributed by atoms with Gasteiger partial charge in [0.15, 0.2) is 5.76 Å². The molecular formula is C20H19N3O3. The smallest absolute Gasteiger partial charge is 0.305 e. The second kappa shape index (κ2) is 6.92. The number of amides is 2. The number of benzene rings is 2. The van der Waals surface area contributed by atoms with Gasteiger partial charge < -0.3 is 9.32 Å². The van der Waals surface area contributed by atoms with Crippen LogP contribution in [0.3, 0.4) is 0 Å². The number of nitrogens with zero attached hydrogens (tertiary/aromatic N) is 1. The van der Waals surface area contributed by atoms with Gasteiger partial charge in [-0.2, -0.15) is 0 Å². The third-order valence-corrected chi connectivity index (χ3v) is 4.51. The molecule has 0 saturated carbocycles. The fourth-order valence-electron chi connectivity index (χ4n) is 3.27. The molecular weight excluding hydrogens is 330 g/mol. The van der Waals surface area contributed by atoms with Gasteiger partial charge in [-0.05, 0) is 36.6 Å². The van der Waals surface area contributed by atoms with Crippen LogP contribution in [0.5, 0.6) is 0 Å². The average Bonchev–Trinajstić information content (AvgIpc) is 3.11. The first-order chi connectivity index (χ1) is 12.7. The van der Waals surface area contributed by atoms with E-state index >= 15 is 0 Å². The highest BCUT2D eigenvalue weighted by Gasteiger charge is 2.19. The first-order valence-corrected chi connectivity index (χ1v) is 8.61. The molecule has 0 unspecified atom stereocenters. The Morgan fingerprint density at radius 3 is 2.73 bits per heavy atom. The van der Waals surface area contributed by atoms with Gasteiger partial charge in [0.25, 0.3) is 5.91 Å². The molecule has 6 nitrogen and oxygen atoms in total. The quantitative estimate of drug-likeness (QED) is 0.713. The Morgan fingerprint density at radius 2 is 1.85 bits per heavy atom. The van der Waals surface area contributed by atoms with Gasteiger partial charge in [-0.3, -0.25) is 20.4 Å². The Morgan fingerprint density at radius 1 is 1.04 bits per heavy atom. The van der Waals surface area contributed by atoms with Crippen LogP contribution in [0.25, 0.3) is 11.0 Å². The van der Waals surface area contributed by atoms with E-state index in [9.17, 15) is 9.59 Å². The number of nitrogens with one attached hydrogen (secondary N) is 2. The molecule has 2 aromatic carbocycles. The molecule has 2 N–H and O–H groups in total. The van der Waals surface area contributed by atoms with E-state index in [-0.39, 0.29) is 18.2 Å². The lowest BCUT2D eigenvalue weighted by Gasteiger charge is -2.30. The number of carbonyl (C=O) groups is 2. The lowest BCUT2D eigenvalue weighted by atomic mass is 10.0. The number of carbonyl (C=O) groups excluding carboxylic acids is 2. The van der Waals surface area contributed by atoms with E-state index in [1.807, 2.05) is 41.3 Å².